The molecule has 1 amide bonds. The van der Waals surface area contributed by atoms with Gasteiger partial charge in [-0.2, -0.15) is 0 Å². The summed E-state index contributed by atoms with van der Waals surface area (Å²) in [6, 6.07) is 6.41. The number of hydrogen-bond donors (Lipinski definition) is 1. The largest absolute Gasteiger partial charge is 0.387 e. The molecule has 20 heavy (non-hydrogen) atoms. The average Bonchev–Trinajstić information content (AvgIpc) is 2.83. The molecule has 0 radical (unpaired) electrons. The Hall–Kier alpha value is -1.55. The Morgan fingerprint density at radius 2 is 2.25 bits per heavy atom. The van der Waals surface area contributed by atoms with Gasteiger partial charge in [-0.25, -0.2) is 0 Å². The molecule has 1 N–H and O–H groups in total. The molecule has 2 rings (SSSR count). The maximum Gasteiger partial charge on any atom is 0.255 e. The topological polar surface area (TPSA) is 35.6 Å². The van der Waals surface area contributed by atoms with Gasteiger partial charge in [0.15, 0.2) is 0 Å². The minimum absolute atomic E-state index is 0.0923. The smallest absolute Gasteiger partial charge is 0.255 e. The molecule has 0 aromatic heterocycles. The molecule has 4 nitrogen and oxygen atoms in total. The molecule has 1 aromatic rings. The van der Waals surface area contributed by atoms with Crippen molar-refractivity contribution >= 4 is 11.6 Å². The summed E-state index contributed by atoms with van der Waals surface area (Å²) >= 11 is 0. The van der Waals surface area contributed by atoms with Gasteiger partial charge in [-0.1, -0.05) is 6.07 Å². The fourth-order valence-corrected chi connectivity index (χ4v) is 2.87. The van der Waals surface area contributed by atoms with Crippen LogP contribution in [0.4, 0.5) is 5.69 Å². The number of aryl methyl sites for hydroxylation is 1. The van der Waals surface area contributed by atoms with E-state index in [1.165, 1.54) is 12.8 Å². The van der Waals surface area contributed by atoms with Gasteiger partial charge in [0.05, 0.1) is 5.56 Å². The molecule has 110 valence electrons. The lowest BCUT2D eigenvalue weighted by Gasteiger charge is -2.26. The highest BCUT2D eigenvalue weighted by Gasteiger charge is 2.25. The van der Waals surface area contributed by atoms with Gasteiger partial charge >= 0.3 is 0 Å². The highest BCUT2D eigenvalue weighted by molar-refractivity contribution is 5.99. The SMILES string of the molecule is CNc1cc(C)ccc1C(=O)N(C)CC1CCCN1C. The molecule has 0 aliphatic carbocycles. The van der Waals surface area contributed by atoms with Crippen molar-refractivity contribution in [2.75, 3.05) is 39.5 Å². The van der Waals surface area contributed by atoms with E-state index >= 15 is 0 Å². The first-order valence-electron chi connectivity index (χ1n) is 7.27. The second kappa shape index (κ2) is 6.27. The van der Waals surface area contributed by atoms with Crippen molar-refractivity contribution in [1.29, 1.82) is 0 Å². The van der Waals surface area contributed by atoms with Crippen LogP contribution in [0.3, 0.4) is 0 Å². The Labute approximate surface area is 121 Å². The van der Waals surface area contributed by atoms with Gasteiger partial charge < -0.3 is 15.1 Å². The number of benzene rings is 1. The summed E-state index contributed by atoms with van der Waals surface area (Å²) in [6.07, 6.45) is 2.41. The summed E-state index contributed by atoms with van der Waals surface area (Å²) < 4.78 is 0. The van der Waals surface area contributed by atoms with Crippen LogP contribution in [0.5, 0.6) is 0 Å². The van der Waals surface area contributed by atoms with Gasteiger partial charge in [0, 0.05) is 32.4 Å². The number of carbonyl (C=O) groups is 1. The minimum Gasteiger partial charge on any atom is -0.387 e. The van der Waals surface area contributed by atoms with E-state index in [1.807, 2.05) is 44.1 Å². The van der Waals surface area contributed by atoms with Gasteiger partial charge in [0.25, 0.3) is 5.91 Å². The summed E-state index contributed by atoms with van der Waals surface area (Å²) in [4.78, 5) is 16.8. The Balaban J connectivity index is 2.10. The summed E-state index contributed by atoms with van der Waals surface area (Å²) in [6.45, 7) is 3.97. The maximum atomic E-state index is 12.6. The number of likely N-dealkylation sites (N-methyl/N-ethyl adjacent to an activating group) is 2. The van der Waals surface area contributed by atoms with E-state index in [9.17, 15) is 4.79 Å². The van der Waals surface area contributed by atoms with Crippen molar-refractivity contribution in [3.8, 4) is 0 Å². The van der Waals surface area contributed by atoms with Crippen molar-refractivity contribution in [2.45, 2.75) is 25.8 Å². The Morgan fingerprint density at radius 1 is 1.50 bits per heavy atom. The minimum atomic E-state index is 0.0923. The molecule has 0 saturated carbocycles. The quantitative estimate of drug-likeness (QED) is 0.915. The zero-order valence-corrected chi connectivity index (χ0v) is 12.9. The zero-order valence-electron chi connectivity index (χ0n) is 12.9. The molecular formula is C16H25N3O. The summed E-state index contributed by atoms with van der Waals surface area (Å²) in [5, 5.41) is 3.12. The van der Waals surface area contributed by atoms with Gasteiger partial charge in [0.2, 0.25) is 0 Å². The first kappa shape index (κ1) is 14.9. The molecular weight excluding hydrogens is 250 g/mol. The number of hydrogen-bond acceptors (Lipinski definition) is 3. The second-order valence-electron chi connectivity index (χ2n) is 5.76. The molecule has 1 aliphatic heterocycles. The van der Waals surface area contributed by atoms with Crippen LogP contribution in [0.2, 0.25) is 0 Å². The van der Waals surface area contributed by atoms with E-state index < -0.39 is 0 Å². The Bertz CT molecular complexity index is 487. The lowest BCUT2D eigenvalue weighted by atomic mass is 10.1. The Kier molecular flexibility index (Phi) is 4.65. The summed E-state index contributed by atoms with van der Waals surface area (Å²) in [7, 11) is 5.89. The number of nitrogens with zero attached hydrogens (tertiary/aromatic N) is 2. The van der Waals surface area contributed by atoms with E-state index in [0.717, 1.165) is 29.9 Å². The lowest BCUT2D eigenvalue weighted by Crippen LogP contribution is -2.39. The summed E-state index contributed by atoms with van der Waals surface area (Å²) in [5.74, 6) is 0.0923. The van der Waals surface area contributed by atoms with Crippen molar-refractivity contribution in [2.24, 2.45) is 0 Å². The van der Waals surface area contributed by atoms with Crippen LogP contribution in [-0.2, 0) is 0 Å². The number of amides is 1. The number of carbonyl (C=O) groups excluding carboxylic acids is 1. The highest BCUT2D eigenvalue weighted by atomic mass is 16.2. The zero-order chi connectivity index (χ0) is 14.7. The van der Waals surface area contributed by atoms with Crippen molar-refractivity contribution in [1.82, 2.24) is 9.80 Å². The molecule has 4 heteroatoms. The van der Waals surface area contributed by atoms with Crippen LogP contribution < -0.4 is 5.32 Å². The van der Waals surface area contributed by atoms with Gasteiger partial charge in [-0.05, 0) is 51.1 Å². The molecule has 1 fully saturated rings. The number of anilines is 1. The fraction of sp³-hybridized carbons (Fsp3) is 0.562. The van der Waals surface area contributed by atoms with E-state index in [-0.39, 0.29) is 5.91 Å². The van der Waals surface area contributed by atoms with Crippen molar-refractivity contribution in [3.05, 3.63) is 29.3 Å². The number of nitrogens with one attached hydrogen (secondary N) is 1. The molecule has 1 heterocycles. The lowest BCUT2D eigenvalue weighted by molar-refractivity contribution is 0.0762. The van der Waals surface area contributed by atoms with Crippen LogP contribution in [0.25, 0.3) is 0 Å². The van der Waals surface area contributed by atoms with Crippen LogP contribution >= 0.6 is 0 Å². The molecule has 0 spiro atoms. The van der Waals surface area contributed by atoms with E-state index in [1.54, 1.807) is 0 Å². The maximum absolute atomic E-state index is 12.6. The van der Waals surface area contributed by atoms with Gasteiger partial charge in [-0.15, -0.1) is 0 Å². The number of rotatable bonds is 4. The van der Waals surface area contributed by atoms with Crippen LogP contribution in [0, 0.1) is 6.92 Å². The molecule has 1 unspecified atom stereocenters. The predicted molar refractivity (Wildman–Crippen MR) is 83.3 cm³/mol. The molecule has 1 aromatic carbocycles. The first-order chi connectivity index (χ1) is 9.52. The third-order valence-electron chi connectivity index (χ3n) is 4.18. The third-order valence-corrected chi connectivity index (χ3v) is 4.18. The Morgan fingerprint density at radius 3 is 2.85 bits per heavy atom. The predicted octanol–water partition coefficient (Wildman–Crippen LogP) is 2.20. The molecule has 1 saturated heterocycles. The second-order valence-corrected chi connectivity index (χ2v) is 5.76. The normalized spacial score (nSPS) is 19.1. The standard InChI is InChI=1S/C16H25N3O/c1-12-7-8-14(15(10-12)17-2)16(20)19(4)11-13-6-5-9-18(13)3/h7-8,10,13,17H,5-6,9,11H2,1-4H3. The average molecular weight is 275 g/mol. The monoisotopic (exact) mass is 275 g/mol. The summed E-state index contributed by atoms with van der Waals surface area (Å²) in [5.41, 5.74) is 2.81. The number of likely N-dealkylation sites (tertiary alicyclic amines) is 1. The fourth-order valence-electron chi connectivity index (χ4n) is 2.87. The van der Waals surface area contributed by atoms with Crippen LogP contribution in [0.1, 0.15) is 28.8 Å². The molecule has 1 atom stereocenters. The van der Waals surface area contributed by atoms with Crippen LogP contribution in [0.15, 0.2) is 18.2 Å². The van der Waals surface area contributed by atoms with E-state index in [0.29, 0.717) is 6.04 Å². The van der Waals surface area contributed by atoms with E-state index in [4.69, 9.17) is 0 Å². The third kappa shape index (κ3) is 3.12. The van der Waals surface area contributed by atoms with Crippen molar-refractivity contribution < 1.29 is 4.79 Å². The van der Waals surface area contributed by atoms with Crippen molar-refractivity contribution in [3.63, 3.8) is 0 Å². The van der Waals surface area contributed by atoms with Gasteiger partial charge in [-0.3, -0.25) is 4.79 Å². The van der Waals surface area contributed by atoms with E-state index in [2.05, 4.69) is 17.3 Å². The highest BCUT2D eigenvalue weighted by Crippen LogP contribution is 2.20. The molecule has 0 bridgehead atoms. The first-order valence-corrected chi connectivity index (χ1v) is 7.27. The molecule has 1 aliphatic rings. The van der Waals surface area contributed by atoms with Gasteiger partial charge in [0.1, 0.15) is 0 Å². The van der Waals surface area contributed by atoms with Crippen LogP contribution in [-0.4, -0.2) is 56.0 Å².